The lowest BCUT2D eigenvalue weighted by Crippen LogP contribution is -2.07. The number of nitro groups is 1. The highest BCUT2D eigenvalue weighted by Crippen LogP contribution is 2.40. The minimum Gasteiger partial charge on any atom is -0.495 e. The number of ether oxygens (including phenoxy) is 2. The van der Waals surface area contributed by atoms with Gasteiger partial charge in [0.2, 0.25) is 6.20 Å². The molecular weight excluding hydrogens is 335 g/mol. The highest BCUT2D eigenvalue weighted by atomic mass is 32.2. The van der Waals surface area contributed by atoms with Gasteiger partial charge in [-0.05, 0) is 29.9 Å². The van der Waals surface area contributed by atoms with Gasteiger partial charge in [0.1, 0.15) is 11.5 Å². The van der Waals surface area contributed by atoms with Crippen LogP contribution in [0.15, 0.2) is 23.2 Å². The molecule has 1 aromatic carbocycles. The highest BCUT2D eigenvalue weighted by Gasteiger charge is 2.26. The number of hydrogen-bond acceptors (Lipinski definition) is 5. The molecule has 0 radical (unpaired) electrons. The first-order valence-electron chi connectivity index (χ1n) is 6.54. The van der Waals surface area contributed by atoms with E-state index >= 15 is 0 Å². The van der Waals surface area contributed by atoms with Crippen molar-refractivity contribution < 1.29 is 27.6 Å². The average Bonchev–Trinajstić information content (AvgIpc) is 2.48. The number of benzene rings is 1. The lowest BCUT2D eigenvalue weighted by atomic mass is 10.2. The molecule has 0 saturated heterocycles. The van der Waals surface area contributed by atoms with Gasteiger partial charge in [0.25, 0.3) is 0 Å². The fourth-order valence-corrected chi connectivity index (χ4v) is 2.79. The number of halogens is 3. The van der Waals surface area contributed by atoms with Crippen LogP contribution in [0.5, 0.6) is 11.5 Å². The Morgan fingerprint density at radius 1 is 1.26 bits per heavy atom. The van der Waals surface area contributed by atoms with Gasteiger partial charge in [0.15, 0.2) is 0 Å². The minimum atomic E-state index is -4.17. The van der Waals surface area contributed by atoms with Crippen LogP contribution < -0.4 is 9.47 Å². The van der Waals surface area contributed by atoms with Gasteiger partial charge in [-0.1, -0.05) is 0 Å². The van der Waals surface area contributed by atoms with Gasteiger partial charge in [0, 0.05) is 12.5 Å². The Morgan fingerprint density at radius 3 is 2.26 bits per heavy atom. The van der Waals surface area contributed by atoms with Gasteiger partial charge in [0.05, 0.1) is 24.0 Å². The molecule has 5 nitrogen and oxygen atoms in total. The van der Waals surface area contributed by atoms with Crippen molar-refractivity contribution in [2.75, 3.05) is 20.0 Å². The van der Waals surface area contributed by atoms with Crippen LogP contribution in [0.2, 0.25) is 0 Å². The van der Waals surface area contributed by atoms with Crippen LogP contribution in [0.1, 0.15) is 18.4 Å². The predicted octanol–water partition coefficient (Wildman–Crippen LogP) is 4.39. The van der Waals surface area contributed by atoms with E-state index < -0.39 is 17.5 Å². The Kier molecular flexibility index (Phi) is 7.21. The number of methoxy groups -OCH3 is 2. The van der Waals surface area contributed by atoms with Crippen molar-refractivity contribution in [3.8, 4) is 11.5 Å². The van der Waals surface area contributed by atoms with Gasteiger partial charge in [-0.2, -0.15) is 13.2 Å². The summed E-state index contributed by atoms with van der Waals surface area (Å²) in [6, 6.07) is 3.13. The van der Waals surface area contributed by atoms with Crippen LogP contribution in [0, 0.1) is 10.1 Å². The first kappa shape index (κ1) is 19.1. The number of thioether (sulfide) groups is 1. The van der Waals surface area contributed by atoms with Gasteiger partial charge in [-0.25, -0.2) is 0 Å². The van der Waals surface area contributed by atoms with Crippen molar-refractivity contribution >= 4 is 17.8 Å². The van der Waals surface area contributed by atoms with Crippen molar-refractivity contribution in [3.05, 3.63) is 34.0 Å². The van der Waals surface area contributed by atoms with Crippen LogP contribution in [0.25, 0.3) is 6.08 Å². The second-order valence-corrected chi connectivity index (χ2v) is 5.53. The van der Waals surface area contributed by atoms with Crippen LogP contribution in [0.3, 0.4) is 0 Å². The summed E-state index contributed by atoms with van der Waals surface area (Å²) in [6.07, 6.45) is -2.99. The van der Waals surface area contributed by atoms with E-state index in [-0.39, 0.29) is 12.2 Å². The molecule has 0 aromatic heterocycles. The Labute approximate surface area is 135 Å². The molecule has 0 amide bonds. The molecular formula is C14H16F3NO4S. The van der Waals surface area contributed by atoms with Gasteiger partial charge in [-0.15, -0.1) is 11.8 Å². The molecule has 0 bridgehead atoms. The van der Waals surface area contributed by atoms with E-state index in [4.69, 9.17) is 9.47 Å². The molecule has 23 heavy (non-hydrogen) atoms. The van der Waals surface area contributed by atoms with E-state index in [0.717, 1.165) is 6.20 Å². The molecule has 1 aromatic rings. The molecule has 1 rings (SSSR count). The molecule has 0 N–H and O–H groups in total. The van der Waals surface area contributed by atoms with Gasteiger partial charge < -0.3 is 9.47 Å². The summed E-state index contributed by atoms with van der Waals surface area (Å²) < 4.78 is 46.9. The third-order valence-corrected chi connectivity index (χ3v) is 3.91. The van der Waals surface area contributed by atoms with E-state index in [1.807, 2.05) is 0 Å². The topological polar surface area (TPSA) is 61.6 Å². The van der Waals surface area contributed by atoms with E-state index in [0.29, 0.717) is 22.0 Å². The maximum Gasteiger partial charge on any atom is 0.389 e. The quantitative estimate of drug-likeness (QED) is 0.301. The maximum absolute atomic E-state index is 12.2. The van der Waals surface area contributed by atoms with Crippen molar-refractivity contribution in [3.63, 3.8) is 0 Å². The first-order valence-corrected chi connectivity index (χ1v) is 7.52. The number of hydrogen-bond donors (Lipinski definition) is 0. The Morgan fingerprint density at radius 2 is 1.83 bits per heavy atom. The van der Waals surface area contributed by atoms with Crippen LogP contribution >= 0.6 is 11.8 Å². The third-order valence-electron chi connectivity index (χ3n) is 2.72. The zero-order valence-corrected chi connectivity index (χ0v) is 13.4. The van der Waals surface area contributed by atoms with Crippen molar-refractivity contribution in [1.29, 1.82) is 0 Å². The second kappa shape index (κ2) is 8.66. The zero-order valence-electron chi connectivity index (χ0n) is 12.6. The largest absolute Gasteiger partial charge is 0.495 e. The van der Waals surface area contributed by atoms with Crippen LogP contribution in [0.4, 0.5) is 13.2 Å². The fourth-order valence-electron chi connectivity index (χ4n) is 1.73. The first-order chi connectivity index (χ1) is 10.8. The summed E-state index contributed by atoms with van der Waals surface area (Å²) in [5.74, 6) is 1.03. The van der Waals surface area contributed by atoms with E-state index in [2.05, 4.69) is 0 Å². The molecule has 128 valence electrons. The Bertz CT molecular complexity index is 551. The van der Waals surface area contributed by atoms with E-state index in [1.165, 1.54) is 32.1 Å². The summed E-state index contributed by atoms with van der Waals surface area (Å²) in [7, 11) is 2.82. The summed E-state index contributed by atoms with van der Waals surface area (Å²) >= 11 is 1.19. The molecule has 0 spiro atoms. The zero-order chi connectivity index (χ0) is 17.5. The molecule has 9 heteroatoms. The molecule has 0 atom stereocenters. The standard InChI is InChI=1S/C14H16F3NO4S/c1-21-11-8-10(4-6-18(19)20)9-12(22-2)13(11)23-7-3-5-14(15,16)17/h4,6,8-9H,3,5,7H2,1-2H3. The molecule has 0 aliphatic rings. The number of nitrogens with zero attached hydrogens (tertiary/aromatic N) is 1. The molecule has 0 aliphatic heterocycles. The smallest absolute Gasteiger partial charge is 0.389 e. The third kappa shape index (κ3) is 6.81. The molecule has 0 heterocycles. The minimum absolute atomic E-state index is 0.0244. The normalized spacial score (nSPS) is 11.7. The summed E-state index contributed by atoms with van der Waals surface area (Å²) in [4.78, 5) is 10.3. The van der Waals surface area contributed by atoms with Crippen LogP contribution in [-0.2, 0) is 0 Å². The van der Waals surface area contributed by atoms with Gasteiger partial charge >= 0.3 is 6.18 Å². The fraction of sp³-hybridized carbons (Fsp3) is 0.429. The van der Waals surface area contributed by atoms with E-state index in [9.17, 15) is 23.3 Å². The summed E-state index contributed by atoms with van der Waals surface area (Å²) in [5.41, 5.74) is 0.495. The number of rotatable bonds is 8. The number of alkyl halides is 3. The second-order valence-electron chi connectivity index (χ2n) is 4.42. The monoisotopic (exact) mass is 351 g/mol. The van der Waals surface area contributed by atoms with Crippen molar-refractivity contribution in [2.45, 2.75) is 23.9 Å². The SMILES string of the molecule is COc1cc(C=C[N+](=O)[O-])cc(OC)c1SCCCC(F)(F)F. The summed E-state index contributed by atoms with van der Waals surface area (Å²) in [5, 5.41) is 10.4. The van der Waals surface area contributed by atoms with Crippen LogP contribution in [-0.4, -0.2) is 31.1 Å². The lowest BCUT2D eigenvalue weighted by Gasteiger charge is -2.14. The molecule has 0 fully saturated rings. The Hall–Kier alpha value is -1.90. The average molecular weight is 351 g/mol. The maximum atomic E-state index is 12.2. The molecule has 0 aliphatic carbocycles. The van der Waals surface area contributed by atoms with Crippen molar-refractivity contribution in [1.82, 2.24) is 0 Å². The molecule has 0 saturated carbocycles. The Balaban J connectivity index is 2.91. The highest BCUT2D eigenvalue weighted by molar-refractivity contribution is 7.99. The summed E-state index contributed by atoms with van der Waals surface area (Å²) in [6.45, 7) is 0. The van der Waals surface area contributed by atoms with Gasteiger partial charge in [-0.3, -0.25) is 10.1 Å². The molecule has 0 unspecified atom stereocenters. The van der Waals surface area contributed by atoms with E-state index in [1.54, 1.807) is 12.1 Å². The predicted molar refractivity (Wildman–Crippen MR) is 81.6 cm³/mol. The van der Waals surface area contributed by atoms with Crippen molar-refractivity contribution in [2.24, 2.45) is 0 Å². The lowest BCUT2D eigenvalue weighted by molar-refractivity contribution is -0.400.